The highest BCUT2D eigenvalue weighted by atomic mass is 35.5. The van der Waals surface area contributed by atoms with E-state index in [1.165, 1.54) is 13.2 Å². The number of ether oxygens (including phenoxy) is 1. The number of nitrogens with two attached hydrogens (primary N) is 1. The molecule has 2 nitrogen and oxygen atoms in total. The van der Waals surface area contributed by atoms with Gasteiger partial charge in [0.05, 0.1) is 7.11 Å². The lowest BCUT2D eigenvalue weighted by molar-refractivity contribution is 0.375. The largest absolute Gasteiger partial charge is 0.493 e. The quantitative estimate of drug-likeness (QED) is 0.868. The van der Waals surface area contributed by atoms with Crippen molar-refractivity contribution in [3.05, 3.63) is 29.6 Å². The highest BCUT2D eigenvalue weighted by Crippen LogP contribution is 2.42. The molecule has 0 aliphatic heterocycles. The molecule has 15 heavy (non-hydrogen) atoms. The minimum atomic E-state index is -0.332. The molecule has 0 heterocycles. The Balaban J connectivity index is 0.00000112. The van der Waals surface area contributed by atoms with Gasteiger partial charge in [-0.15, -0.1) is 12.4 Å². The van der Waals surface area contributed by atoms with Crippen LogP contribution >= 0.6 is 12.4 Å². The van der Waals surface area contributed by atoms with Gasteiger partial charge in [0.15, 0.2) is 11.6 Å². The number of methoxy groups -OCH3 is 1. The predicted molar refractivity (Wildman–Crippen MR) is 59.9 cm³/mol. The zero-order chi connectivity index (χ0) is 10.1. The van der Waals surface area contributed by atoms with Crippen LogP contribution in [-0.2, 0) is 0 Å². The monoisotopic (exact) mass is 231 g/mol. The summed E-state index contributed by atoms with van der Waals surface area (Å²) in [5.74, 6) is 0.471. The predicted octanol–water partition coefficient (Wildman–Crippen LogP) is 2.67. The second-order valence-electron chi connectivity index (χ2n) is 3.73. The molecule has 0 bridgehead atoms. The van der Waals surface area contributed by atoms with Crippen molar-refractivity contribution in [2.75, 3.05) is 7.11 Å². The number of benzene rings is 1. The first-order chi connectivity index (χ1) is 6.74. The fourth-order valence-electron chi connectivity index (χ4n) is 1.71. The van der Waals surface area contributed by atoms with Gasteiger partial charge in [0, 0.05) is 11.6 Å². The molecule has 2 rings (SSSR count). The van der Waals surface area contributed by atoms with Gasteiger partial charge < -0.3 is 10.5 Å². The molecule has 1 aromatic rings. The smallest absolute Gasteiger partial charge is 0.165 e. The lowest BCUT2D eigenvalue weighted by atomic mass is 10.0. The van der Waals surface area contributed by atoms with Crippen molar-refractivity contribution in [1.29, 1.82) is 0 Å². The van der Waals surface area contributed by atoms with E-state index in [1.807, 2.05) is 6.07 Å². The molecule has 1 aromatic carbocycles. The lowest BCUT2D eigenvalue weighted by Gasteiger charge is -2.15. The average Bonchev–Trinajstić information content (AvgIpc) is 2.99. The van der Waals surface area contributed by atoms with Crippen molar-refractivity contribution >= 4 is 12.4 Å². The number of hydrogen-bond acceptors (Lipinski definition) is 2. The van der Waals surface area contributed by atoms with E-state index in [0.717, 1.165) is 18.4 Å². The van der Waals surface area contributed by atoms with E-state index in [4.69, 9.17) is 10.5 Å². The molecule has 84 valence electrons. The second-order valence-corrected chi connectivity index (χ2v) is 3.73. The molecule has 0 aromatic heterocycles. The van der Waals surface area contributed by atoms with Gasteiger partial charge in [-0.3, -0.25) is 0 Å². The van der Waals surface area contributed by atoms with Gasteiger partial charge in [-0.25, -0.2) is 4.39 Å². The first-order valence-corrected chi connectivity index (χ1v) is 4.82. The van der Waals surface area contributed by atoms with Gasteiger partial charge in [-0.1, -0.05) is 12.1 Å². The summed E-state index contributed by atoms with van der Waals surface area (Å²) in [5, 5.41) is 0. The molecule has 0 radical (unpaired) electrons. The van der Waals surface area contributed by atoms with Crippen LogP contribution in [0.5, 0.6) is 5.75 Å². The Morgan fingerprint density at radius 2 is 2.13 bits per heavy atom. The van der Waals surface area contributed by atoms with Crippen molar-refractivity contribution < 1.29 is 9.13 Å². The van der Waals surface area contributed by atoms with Crippen LogP contribution in [0, 0.1) is 11.7 Å². The van der Waals surface area contributed by atoms with E-state index in [0.29, 0.717) is 11.7 Å². The summed E-state index contributed by atoms with van der Waals surface area (Å²) in [6, 6.07) is 4.82. The van der Waals surface area contributed by atoms with Crippen LogP contribution in [0.2, 0.25) is 0 Å². The van der Waals surface area contributed by atoms with E-state index in [9.17, 15) is 4.39 Å². The van der Waals surface area contributed by atoms with Gasteiger partial charge in [0.25, 0.3) is 0 Å². The van der Waals surface area contributed by atoms with Gasteiger partial charge in [0.1, 0.15) is 0 Å². The fraction of sp³-hybridized carbons (Fsp3) is 0.455. The maximum atomic E-state index is 13.3. The van der Waals surface area contributed by atoms with Crippen LogP contribution in [0.15, 0.2) is 18.2 Å². The molecule has 2 N–H and O–H groups in total. The topological polar surface area (TPSA) is 35.2 Å². The van der Waals surface area contributed by atoms with Gasteiger partial charge in [-0.2, -0.15) is 0 Å². The minimum absolute atomic E-state index is 0. The van der Waals surface area contributed by atoms with Gasteiger partial charge in [0.2, 0.25) is 0 Å². The molecule has 1 saturated carbocycles. The summed E-state index contributed by atoms with van der Waals surface area (Å²) >= 11 is 0. The Kier molecular flexibility index (Phi) is 3.94. The van der Waals surface area contributed by atoms with Crippen LogP contribution in [0.25, 0.3) is 0 Å². The van der Waals surface area contributed by atoms with Crippen LogP contribution < -0.4 is 10.5 Å². The Bertz CT molecular complexity index is 341. The summed E-state index contributed by atoms with van der Waals surface area (Å²) in [6.45, 7) is 0. The van der Waals surface area contributed by atoms with Crippen molar-refractivity contribution in [2.45, 2.75) is 18.9 Å². The molecule has 0 saturated heterocycles. The zero-order valence-corrected chi connectivity index (χ0v) is 9.39. The highest BCUT2D eigenvalue weighted by molar-refractivity contribution is 5.85. The average molecular weight is 232 g/mol. The van der Waals surface area contributed by atoms with E-state index in [1.54, 1.807) is 6.07 Å². The summed E-state index contributed by atoms with van der Waals surface area (Å²) in [6.07, 6.45) is 2.28. The first kappa shape index (κ1) is 12.3. The SMILES string of the molecule is COc1c(F)cccc1[C@H](N)C1CC1.Cl. The molecule has 1 aliphatic rings. The normalized spacial score (nSPS) is 16.7. The highest BCUT2D eigenvalue weighted by Gasteiger charge is 2.31. The molecule has 1 fully saturated rings. The van der Waals surface area contributed by atoms with Crippen molar-refractivity contribution in [1.82, 2.24) is 0 Å². The summed E-state index contributed by atoms with van der Waals surface area (Å²) in [5.41, 5.74) is 6.79. The molecular formula is C11H15ClFNO. The minimum Gasteiger partial charge on any atom is -0.493 e. The third-order valence-corrected chi connectivity index (χ3v) is 2.69. The molecule has 0 spiro atoms. The molecular weight excluding hydrogens is 217 g/mol. The van der Waals surface area contributed by atoms with E-state index < -0.39 is 0 Å². The lowest BCUT2D eigenvalue weighted by Crippen LogP contribution is -2.14. The summed E-state index contributed by atoms with van der Waals surface area (Å²) in [4.78, 5) is 0. The zero-order valence-electron chi connectivity index (χ0n) is 8.57. The van der Waals surface area contributed by atoms with Crippen LogP contribution in [0.4, 0.5) is 4.39 Å². The standard InChI is InChI=1S/C11H14FNO.ClH/c1-14-11-8(3-2-4-9(11)12)10(13)7-5-6-7;/h2-4,7,10H,5-6,13H2,1H3;1H/t10-;/m1./s1. The number of halogens is 2. The van der Waals surface area contributed by atoms with E-state index >= 15 is 0 Å². The Labute approximate surface area is 95.0 Å². The third-order valence-electron chi connectivity index (χ3n) is 2.69. The van der Waals surface area contributed by atoms with Crippen molar-refractivity contribution in [3.8, 4) is 5.75 Å². The van der Waals surface area contributed by atoms with Gasteiger partial charge in [-0.05, 0) is 24.8 Å². The van der Waals surface area contributed by atoms with Crippen LogP contribution in [0.3, 0.4) is 0 Å². The number of hydrogen-bond donors (Lipinski definition) is 1. The van der Waals surface area contributed by atoms with Crippen LogP contribution in [-0.4, -0.2) is 7.11 Å². The van der Waals surface area contributed by atoms with Crippen molar-refractivity contribution in [3.63, 3.8) is 0 Å². The Morgan fingerprint density at radius 3 is 2.67 bits per heavy atom. The molecule has 1 aliphatic carbocycles. The number of para-hydroxylation sites is 1. The maximum absolute atomic E-state index is 13.3. The molecule has 0 unspecified atom stereocenters. The maximum Gasteiger partial charge on any atom is 0.165 e. The Hall–Kier alpha value is -0.800. The first-order valence-electron chi connectivity index (χ1n) is 4.82. The third kappa shape index (κ3) is 2.41. The second kappa shape index (κ2) is 4.81. The van der Waals surface area contributed by atoms with Crippen molar-refractivity contribution in [2.24, 2.45) is 11.7 Å². The van der Waals surface area contributed by atoms with Gasteiger partial charge >= 0.3 is 0 Å². The fourth-order valence-corrected chi connectivity index (χ4v) is 1.71. The summed E-state index contributed by atoms with van der Waals surface area (Å²) in [7, 11) is 1.47. The molecule has 0 amide bonds. The van der Waals surface area contributed by atoms with E-state index in [2.05, 4.69) is 0 Å². The summed E-state index contributed by atoms with van der Waals surface area (Å²) < 4.78 is 18.3. The number of rotatable bonds is 3. The molecule has 4 heteroatoms. The molecule has 1 atom stereocenters. The van der Waals surface area contributed by atoms with Crippen LogP contribution in [0.1, 0.15) is 24.4 Å². The Morgan fingerprint density at radius 1 is 1.47 bits per heavy atom. The van der Waals surface area contributed by atoms with E-state index in [-0.39, 0.29) is 24.3 Å².